The van der Waals surface area contributed by atoms with E-state index in [1.54, 1.807) is 0 Å². The number of allylic oxidation sites excluding steroid dienone is 1. The zero-order valence-corrected chi connectivity index (χ0v) is 11.8. The first-order chi connectivity index (χ1) is 8.13. The summed E-state index contributed by atoms with van der Waals surface area (Å²) in [7, 11) is 0. The molecule has 0 unspecified atom stereocenters. The van der Waals surface area contributed by atoms with E-state index in [0.717, 1.165) is 6.42 Å². The van der Waals surface area contributed by atoms with E-state index in [2.05, 4.69) is 52.5 Å². The number of hydrogen-bond acceptors (Lipinski definition) is 0. The van der Waals surface area contributed by atoms with Crippen molar-refractivity contribution in [1.82, 2.24) is 0 Å². The molecule has 0 saturated heterocycles. The lowest BCUT2D eigenvalue weighted by molar-refractivity contribution is 0.381. The normalized spacial score (nSPS) is 11.5. The van der Waals surface area contributed by atoms with Crippen molar-refractivity contribution in [3.63, 3.8) is 0 Å². The molecule has 0 radical (unpaired) electrons. The van der Waals surface area contributed by atoms with Crippen molar-refractivity contribution in [2.75, 3.05) is 0 Å². The van der Waals surface area contributed by atoms with Crippen LogP contribution in [0.3, 0.4) is 0 Å². The summed E-state index contributed by atoms with van der Waals surface area (Å²) < 4.78 is 0. The Hall–Kier alpha value is -1.04. The fraction of sp³-hybridized carbons (Fsp3) is 0.529. The first kappa shape index (κ1) is 14.0. The summed E-state index contributed by atoms with van der Waals surface area (Å²) in [5.74, 6) is 0. The molecule has 0 atom stereocenters. The molecule has 0 aromatic heterocycles. The molecule has 1 aromatic rings. The Bertz CT molecular complexity index is 361. The smallest absolute Gasteiger partial charge is 0.00547 e. The van der Waals surface area contributed by atoms with E-state index in [-0.39, 0.29) is 0 Å². The average molecular weight is 230 g/mol. The Morgan fingerprint density at radius 2 is 1.71 bits per heavy atom. The first-order valence-electron chi connectivity index (χ1n) is 6.84. The number of rotatable bonds is 6. The fourth-order valence-electron chi connectivity index (χ4n) is 2.77. The number of benzene rings is 1. The highest BCUT2D eigenvalue weighted by Crippen LogP contribution is 2.35. The lowest BCUT2D eigenvalue weighted by atomic mass is 9.73. The van der Waals surface area contributed by atoms with E-state index in [1.807, 2.05) is 6.08 Å². The highest BCUT2D eigenvalue weighted by Gasteiger charge is 2.26. The maximum atomic E-state index is 3.82. The van der Waals surface area contributed by atoms with Crippen molar-refractivity contribution in [3.05, 3.63) is 47.5 Å². The van der Waals surface area contributed by atoms with E-state index in [0.29, 0.717) is 5.41 Å². The second-order valence-corrected chi connectivity index (χ2v) is 4.98. The van der Waals surface area contributed by atoms with Gasteiger partial charge in [0.05, 0.1) is 0 Å². The van der Waals surface area contributed by atoms with E-state index < -0.39 is 0 Å². The largest absolute Gasteiger partial charge is 0.103 e. The minimum Gasteiger partial charge on any atom is -0.103 e. The van der Waals surface area contributed by atoms with Crippen LogP contribution in [0.15, 0.2) is 30.9 Å². The highest BCUT2D eigenvalue weighted by molar-refractivity contribution is 5.36. The predicted octanol–water partition coefficient (Wildman–Crippen LogP) is 5.19. The lowest BCUT2D eigenvalue weighted by Crippen LogP contribution is -2.23. The Morgan fingerprint density at radius 3 is 2.12 bits per heavy atom. The third-order valence-electron chi connectivity index (χ3n) is 4.35. The third kappa shape index (κ3) is 2.80. The monoisotopic (exact) mass is 230 g/mol. The third-order valence-corrected chi connectivity index (χ3v) is 4.35. The van der Waals surface area contributed by atoms with Gasteiger partial charge in [0, 0.05) is 0 Å². The molecular formula is C17H26. The van der Waals surface area contributed by atoms with Gasteiger partial charge in [0.25, 0.3) is 0 Å². The number of aryl methyl sites for hydroxylation is 1. The summed E-state index contributed by atoms with van der Waals surface area (Å²) in [5, 5.41) is 0. The van der Waals surface area contributed by atoms with Crippen LogP contribution in [0.4, 0.5) is 0 Å². The van der Waals surface area contributed by atoms with Crippen molar-refractivity contribution >= 4 is 0 Å². The van der Waals surface area contributed by atoms with Gasteiger partial charge in [-0.25, -0.2) is 0 Å². The van der Waals surface area contributed by atoms with Gasteiger partial charge in [-0.2, -0.15) is 0 Å². The van der Waals surface area contributed by atoms with Crippen LogP contribution >= 0.6 is 0 Å². The molecule has 94 valence electrons. The van der Waals surface area contributed by atoms with Crippen molar-refractivity contribution in [1.29, 1.82) is 0 Å². The van der Waals surface area contributed by atoms with Crippen LogP contribution in [-0.2, 0) is 11.8 Å². The van der Waals surface area contributed by atoms with E-state index in [9.17, 15) is 0 Å². The first-order valence-corrected chi connectivity index (χ1v) is 6.84. The Morgan fingerprint density at radius 1 is 1.12 bits per heavy atom. The maximum Gasteiger partial charge on any atom is -0.00547 e. The van der Waals surface area contributed by atoms with Gasteiger partial charge in [0.15, 0.2) is 0 Å². The van der Waals surface area contributed by atoms with Gasteiger partial charge in [0.1, 0.15) is 0 Å². The molecule has 0 aliphatic carbocycles. The van der Waals surface area contributed by atoms with Crippen LogP contribution in [0.1, 0.15) is 56.7 Å². The van der Waals surface area contributed by atoms with E-state index >= 15 is 0 Å². The topological polar surface area (TPSA) is 0 Å². The Balaban J connectivity index is 3.14. The summed E-state index contributed by atoms with van der Waals surface area (Å²) in [5.41, 5.74) is 4.69. The average Bonchev–Trinajstić information content (AvgIpc) is 2.35. The van der Waals surface area contributed by atoms with Crippen molar-refractivity contribution in [2.45, 2.75) is 58.8 Å². The molecule has 0 heterocycles. The van der Waals surface area contributed by atoms with Gasteiger partial charge in [-0.3, -0.25) is 0 Å². The van der Waals surface area contributed by atoms with Crippen LogP contribution in [0.25, 0.3) is 0 Å². The standard InChI is InChI=1S/C17H26/c1-6-10-15-11-12-16(13-14(15)5)17(7-2,8-3)9-4/h6,11-13H,1,7-10H2,2-5H3. The van der Waals surface area contributed by atoms with E-state index in [4.69, 9.17) is 0 Å². The molecule has 0 amide bonds. The van der Waals surface area contributed by atoms with Crippen LogP contribution in [0.5, 0.6) is 0 Å². The van der Waals surface area contributed by atoms with Crippen LogP contribution in [0.2, 0.25) is 0 Å². The molecule has 0 saturated carbocycles. The highest BCUT2D eigenvalue weighted by atomic mass is 14.3. The molecule has 17 heavy (non-hydrogen) atoms. The van der Waals surface area contributed by atoms with Gasteiger partial charge in [-0.05, 0) is 54.7 Å². The molecule has 0 aliphatic heterocycles. The van der Waals surface area contributed by atoms with Gasteiger partial charge in [0.2, 0.25) is 0 Å². The lowest BCUT2D eigenvalue weighted by Gasteiger charge is -2.31. The molecule has 1 rings (SSSR count). The van der Waals surface area contributed by atoms with Gasteiger partial charge in [-0.1, -0.05) is 45.0 Å². The summed E-state index contributed by atoms with van der Waals surface area (Å²) in [6.07, 6.45) is 6.62. The molecule has 0 bridgehead atoms. The second-order valence-electron chi connectivity index (χ2n) is 4.98. The van der Waals surface area contributed by atoms with Crippen LogP contribution in [0, 0.1) is 6.92 Å². The second kappa shape index (κ2) is 6.05. The fourth-order valence-corrected chi connectivity index (χ4v) is 2.77. The molecule has 0 nitrogen and oxygen atoms in total. The summed E-state index contributed by atoms with van der Waals surface area (Å²) >= 11 is 0. The predicted molar refractivity (Wildman–Crippen MR) is 77.6 cm³/mol. The summed E-state index contributed by atoms with van der Waals surface area (Å²) in [6, 6.07) is 6.99. The summed E-state index contributed by atoms with van der Waals surface area (Å²) in [4.78, 5) is 0. The van der Waals surface area contributed by atoms with Crippen molar-refractivity contribution < 1.29 is 0 Å². The molecule has 0 fully saturated rings. The molecular weight excluding hydrogens is 204 g/mol. The Labute approximate surface area is 107 Å². The molecule has 0 heteroatoms. The zero-order valence-electron chi connectivity index (χ0n) is 11.8. The summed E-state index contributed by atoms with van der Waals surface area (Å²) in [6.45, 7) is 12.9. The van der Waals surface area contributed by atoms with Gasteiger partial charge in [-0.15, -0.1) is 6.58 Å². The molecule has 0 N–H and O–H groups in total. The zero-order chi connectivity index (χ0) is 12.9. The molecule has 1 aromatic carbocycles. The van der Waals surface area contributed by atoms with Crippen LogP contribution < -0.4 is 0 Å². The quantitative estimate of drug-likeness (QED) is 0.590. The maximum absolute atomic E-state index is 3.82. The number of hydrogen-bond donors (Lipinski definition) is 0. The van der Waals surface area contributed by atoms with E-state index in [1.165, 1.54) is 36.0 Å². The molecule has 0 spiro atoms. The van der Waals surface area contributed by atoms with Crippen molar-refractivity contribution in [2.24, 2.45) is 0 Å². The minimum atomic E-state index is 0.372. The minimum absolute atomic E-state index is 0.372. The van der Waals surface area contributed by atoms with Crippen LogP contribution in [-0.4, -0.2) is 0 Å². The molecule has 0 aliphatic rings. The Kier molecular flexibility index (Phi) is 4.99. The van der Waals surface area contributed by atoms with Crippen molar-refractivity contribution in [3.8, 4) is 0 Å². The van der Waals surface area contributed by atoms with Gasteiger partial charge < -0.3 is 0 Å². The SMILES string of the molecule is C=CCc1ccc(C(CC)(CC)CC)cc1C. The van der Waals surface area contributed by atoms with Gasteiger partial charge >= 0.3 is 0 Å².